The van der Waals surface area contributed by atoms with Crippen LogP contribution in [0.25, 0.3) is 0 Å². The van der Waals surface area contributed by atoms with Gasteiger partial charge < -0.3 is 10.6 Å². The van der Waals surface area contributed by atoms with Gasteiger partial charge in [0.25, 0.3) is 0 Å². The van der Waals surface area contributed by atoms with E-state index in [1.807, 2.05) is 0 Å². The molecule has 158 valence electrons. The first kappa shape index (κ1) is 22.8. The van der Waals surface area contributed by atoms with E-state index in [2.05, 4.69) is 15.4 Å². The Labute approximate surface area is 170 Å². The molecule has 2 rings (SSSR count). The van der Waals surface area contributed by atoms with Crippen molar-refractivity contribution in [3.05, 3.63) is 59.7 Å². The Kier molecular flexibility index (Phi) is 7.36. The van der Waals surface area contributed by atoms with Gasteiger partial charge in [-0.25, -0.2) is 31.5 Å². The first-order valence-corrected chi connectivity index (χ1v) is 11.9. The molecule has 0 aliphatic rings. The summed E-state index contributed by atoms with van der Waals surface area (Å²) in [6.45, 7) is 3.75. The quantitative estimate of drug-likeness (QED) is 0.491. The Morgan fingerprint density at radius 1 is 0.931 bits per heavy atom. The lowest BCUT2D eigenvalue weighted by Gasteiger charge is -2.10. The van der Waals surface area contributed by atoms with E-state index in [1.54, 1.807) is 38.1 Å². The summed E-state index contributed by atoms with van der Waals surface area (Å²) in [5, 5.41) is 10.3. The van der Waals surface area contributed by atoms with Crippen LogP contribution in [0.2, 0.25) is 0 Å². The number of primary sulfonamides is 1. The van der Waals surface area contributed by atoms with Gasteiger partial charge in [0, 0.05) is 18.3 Å². The zero-order valence-corrected chi connectivity index (χ0v) is 17.7. The maximum atomic E-state index is 12.0. The maximum Gasteiger partial charge on any atom is 0.319 e. The Balaban J connectivity index is 1.87. The lowest BCUT2D eigenvalue weighted by atomic mass is 10.1. The second-order valence-corrected chi connectivity index (χ2v) is 10.0. The Hall–Kier alpha value is -2.47. The highest BCUT2D eigenvalue weighted by Gasteiger charge is 2.13. The minimum atomic E-state index is -3.79. The van der Waals surface area contributed by atoms with Gasteiger partial charge in [-0.2, -0.15) is 0 Å². The molecular formula is C18H24N4O5S2. The molecule has 2 amide bonds. The highest BCUT2D eigenvalue weighted by atomic mass is 32.2. The third-order valence-electron chi connectivity index (χ3n) is 3.69. The SMILES string of the molecule is CC(C)NS(=O)(=O)Cc1ccc(CNC(=O)Nc2ccc(S(N)(=O)=O)cc2)cc1. The van der Waals surface area contributed by atoms with Gasteiger partial charge in [0.05, 0.1) is 10.6 Å². The average molecular weight is 441 g/mol. The number of amides is 2. The third kappa shape index (κ3) is 7.81. The summed E-state index contributed by atoms with van der Waals surface area (Å²) >= 11 is 0. The molecule has 11 heteroatoms. The second-order valence-electron chi connectivity index (χ2n) is 6.73. The van der Waals surface area contributed by atoms with Crippen molar-refractivity contribution in [3.63, 3.8) is 0 Å². The van der Waals surface area contributed by atoms with Gasteiger partial charge in [-0.1, -0.05) is 24.3 Å². The molecule has 0 aliphatic carbocycles. The molecule has 0 saturated carbocycles. The van der Waals surface area contributed by atoms with E-state index in [0.717, 1.165) is 5.56 Å². The molecule has 0 atom stereocenters. The van der Waals surface area contributed by atoms with Crippen molar-refractivity contribution in [3.8, 4) is 0 Å². The number of urea groups is 1. The number of rotatable bonds is 8. The van der Waals surface area contributed by atoms with E-state index in [9.17, 15) is 21.6 Å². The largest absolute Gasteiger partial charge is 0.334 e. The molecule has 5 N–H and O–H groups in total. The molecule has 0 heterocycles. The van der Waals surface area contributed by atoms with Crippen LogP contribution in [-0.2, 0) is 32.3 Å². The predicted octanol–water partition coefficient (Wildman–Crippen LogP) is 1.48. The van der Waals surface area contributed by atoms with E-state index in [1.165, 1.54) is 24.3 Å². The van der Waals surface area contributed by atoms with Crippen LogP contribution in [-0.4, -0.2) is 28.9 Å². The van der Waals surface area contributed by atoms with Crippen molar-refractivity contribution < 1.29 is 21.6 Å². The zero-order valence-electron chi connectivity index (χ0n) is 16.0. The highest BCUT2D eigenvalue weighted by molar-refractivity contribution is 7.89. The molecule has 0 spiro atoms. The lowest BCUT2D eigenvalue weighted by Crippen LogP contribution is -2.31. The van der Waals surface area contributed by atoms with Gasteiger partial charge in [0.2, 0.25) is 20.0 Å². The van der Waals surface area contributed by atoms with Crippen LogP contribution in [0.1, 0.15) is 25.0 Å². The Morgan fingerprint density at radius 2 is 1.48 bits per heavy atom. The number of carbonyl (C=O) groups excluding carboxylic acids is 1. The summed E-state index contributed by atoms with van der Waals surface area (Å²) in [6, 6.07) is 11.7. The van der Waals surface area contributed by atoms with Crippen LogP contribution in [0, 0.1) is 0 Å². The number of nitrogens with two attached hydrogens (primary N) is 1. The topological polar surface area (TPSA) is 147 Å². The van der Waals surface area contributed by atoms with E-state index < -0.39 is 26.1 Å². The van der Waals surface area contributed by atoms with Gasteiger partial charge >= 0.3 is 6.03 Å². The first-order chi connectivity index (χ1) is 13.4. The molecule has 2 aromatic rings. The summed E-state index contributed by atoms with van der Waals surface area (Å²) in [5.41, 5.74) is 1.84. The molecular weight excluding hydrogens is 416 g/mol. The molecule has 2 aromatic carbocycles. The van der Waals surface area contributed by atoms with Crippen molar-refractivity contribution in [2.75, 3.05) is 5.32 Å². The standard InChI is InChI=1S/C18H24N4O5S2/c1-13(2)22-28(24,25)12-15-5-3-14(4-6-15)11-20-18(23)21-16-7-9-17(10-8-16)29(19,26)27/h3-10,13,22H,11-12H2,1-2H3,(H2,19,26,27)(H2,20,21,23). The average Bonchev–Trinajstić information content (AvgIpc) is 2.59. The molecule has 0 radical (unpaired) electrons. The molecule has 0 aliphatic heterocycles. The third-order valence-corrected chi connectivity index (χ3v) is 6.16. The minimum Gasteiger partial charge on any atom is -0.334 e. The molecule has 0 saturated heterocycles. The molecule has 0 fully saturated rings. The maximum absolute atomic E-state index is 12.0. The zero-order chi connectivity index (χ0) is 21.7. The monoisotopic (exact) mass is 440 g/mol. The smallest absolute Gasteiger partial charge is 0.319 e. The van der Waals surface area contributed by atoms with Gasteiger partial charge in [0.1, 0.15) is 0 Å². The van der Waals surface area contributed by atoms with E-state index in [0.29, 0.717) is 11.3 Å². The second kappa shape index (κ2) is 9.35. The summed E-state index contributed by atoms with van der Waals surface area (Å²) in [7, 11) is -7.18. The molecule has 0 aromatic heterocycles. The van der Waals surface area contributed by atoms with Crippen molar-refractivity contribution >= 4 is 31.8 Å². The number of nitrogens with one attached hydrogen (secondary N) is 3. The molecule has 0 bridgehead atoms. The fourth-order valence-corrected chi connectivity index (χ4v) is 4.41. The molecule has 9 nitrogen and oxygen atoms in total. The van der Waals surface area contributed by atoms with Crippen molar-refractivity contribution in [2.45, 2.75) is 37.1 Å². The minimum absolute atomic E-state index is 0.0471. The van der Waals surface area contributed by atoms with Crippen LogP contribution in [0.4, 0.5) is 10.5 Å². The number of sulfonamides is 2. The van der Waals surface area contributed by atoms with Gasteiger partial charge in [-0.05, 0) is 49.2 Å². The van der Waals surface area contributed by atoms with Crippen molar-refractivity contribution in [2.24, 2.45) is 5.14 Å². The Bertz CT molecular complexity index is 1050. The van der Waals surface area contributed by atoms with E-state index >= 15 is 0 Å². The fourth-order valence-electron chi connectivity index (χ4n) is 2.46. The summed E-state index contributed by atoms with van der Waals surface area (Å²) in [5.74, 6) is -0.117. The molecule has 29 heavy (non-hydrogen) atoms. The number of benzene rings is 2. The van der Waals surface area contributed by atoms with Gasteiger partial charge in [-0.3, -0.25) is 0 Å². The fraction of sp³-hybridized carbons (Fsp3) is 0.278. The number of hydrogen-bond acceptors (Lipinski definition) is 5. The van der Waals surface area contributed by atoms with E-state index in [4.69, 9.17) is 5.14 Å². The predicted molar refractivity (Wildman–Crippen MR) is 111 cm³/mol. The summed E-state index contributed by atoms with van der Waals surface area (Å²) in [6.07, 6.45) is 0. The molecule has 0 unspecified atom stereocenters. The number of anilines is 1. The first-order valence-electron chi connectivity index (χ1n) is 8.70. The van der Waals surface area contributed by atoms with Crippen molar-refractivity contribution in [1.29, 1.82) is 0 Å². The Morgan fingerprint density at radius 3 is 2.00 bits per heavy atom. The van der Waals surface area contributed by atoms with Crippen LogP contribution < -0.4 is 20.5 Å². The summed E-state index contributed by atoms with van der Waals surface area (Å²) in [4.78, 5) is 11.9. The highest BCUT2D eigenvalue weighted by Crippen LogP contribution is 2.13. The van der Waals surface area contributed by atoms with Crippen LogP contribution in [0.5, 0.6) is 0 Å². The van der Waals surface area contributed by atoms with E-state index in [-0.39, 0.29) is 23.2 Å². The normalized spacial score (nSPS) is 12.0. The van der Waals surface area contributed by atoms with Gasteiger partial charge in [-0.15, -0.1) is 0 Å². The van der Waals surface area contributed by atoms with Crippen LogP contribution in [0.15, 0.2) is 53.4 Å². The van der Waals surface area contributed by atoms with Crippen molar-refractivity contribution in [1.82, 2.24) is 10.0 Å². The number of carbonyl (C=O) groups is 1. The van der Waals surface area contributed by atoms with Crippen LogP contribution in [0.3, 0.4) is 0 Å². The summed E-state index contributed by atoms with van der Waals surface area (Å²) < 4.78 is 48.8. The van der Waals surface area contributed by atoms with Gasteiger partial charge in [0.15, 0.2) is 0 Å². The number of hydrogen-bond donors (Lipinski definition) is 4. The van der Waals surface area contributed by atoms with Crippen LogP contribution >= 0.6 is 0 Å². The lowest BCUT2D eigenvalue weighted by molar-refractivity contribution is 0.251.